The first kappa shape index (κ1) is 24.6. The van der Waals surface area contributed by atoms with E-state index < -0.39 is 11.7 Å². The molecule has 0 radical (unpaired) electrons. The molecule has 3 aliphatic rings. The molecule has 0 aliphatic carbocycles. The van der Waals surface area contributed by atoms with E-state index in [1.807, 2.05) is 18.2 Å². The Hall–Kier alpha value is -2.05. The van der Waals surface area contributed by atoms with Gasteiger partial charge in [-0.3, -0.25) is 0 Å². The van der Waals surface area contributed by atoms with E-state index in [1.54, 1.807) is 6.07 Å². The normalized spacial score (nSPS) is 27.1. The molecule has 0 aromatic heterocycles. The molecule has 35 heavy (non-hydrogen) atoms. The molecule has 3 aliphatic heterocycles. The van der Waals surface area contributed by atoms with Gasteiger partial charge in [-0.2, -0.15) is 13.2 Å². The number of hydrogen-bond donors (Lipinski definition) is 2. The van der Waals surface area contributed by atoms with Crippen molar-refractivity contribution in [2.45, 2.75) is 82.2 Å². The van der Waals surface area contributed by atoms with Crippen molar-refractivity contribution >= 4 is 5.69 Å². The van der Waals surface area contributed by atoms with E-state index >= 15 is 0 Å². The van der Waals surface area contributed by atoms with Gasteiger partial charge >= 0.3 is 6.18 Å². The summed E-state index contributed by atoms with van der Waals surface area (Å²) >= 11 is 0. The number of rotatable bonds is 7. The van der Waals surface area contributed by atoms with Crippen LogP contribution in [0.3, 0.4) is 0 Å². The van der Waals surface area contributed by atoms with Gasteiger partial charge in [0.05, 0.1) is 23.8 Å². The average Bonchev–Trinajstić information content (AvgIpc) is 2.88. The first-order valence-corrected chi connectivity index (χ1v) is 13.4. The van der Waals surface area contributed by atoms with Gasteiger partial charge in [0.2, 0.25) is 0 Å². The van der Waals surface area contributed by atoms with Crippen LogP contribution in [-0.4, -0.2) is 19.2 Å². The maximum atomic E-state index is 13.5. The smallest absolute Gasteiger partial charge is 0.378 e. The lowest BCUT2D eigenvalue weighted by Crippen LogP contribution is -2.39. The zero-order valence-corrected chi connectivity index (χ0v) is 20.3. The fourth-order valence-electron chi connectivity index (χ4n) is 6.29. The van der Waals surface area contributed by atoms with Gasteiger partial charge in [0, 0.05) is 17.2 Å². The molecule has 0 bridgehead atoms. The van der Waals surface area contributed by atoms with Crippen LogP contribution in [0.25, 0.3) is 0 Å². The van der Waals surface area contributed by atoms with E-state index in [9.17, 15) is 13.2 Å². The van der Waals surface area contributed by atoms with E-state index in [0.29, 0.717) is 5.56 Å². The summed E-state index contributed by atoms with van der Waals surface area (Å²) in [6, 6.07) is 14.3. The quantitative estimate of drug-likeness (QED) is 0.394. The third-order valence-electron chi connectivity index (χ3n) is 8.23. The summed E-state index contributed by atoms with van der Waals surface area (Å²) in [4.78, 5) is 0. The Morgan fingerprint density at radius 2 is 1.63 bits per heavy atom. The number of fused-ring (bicyclic) bond motifs is 3. The van der Waals surface area contributed by atoms with Gasteiger partial charge in [0.1, 0.15) is 0 Å². The zero-order chi connectivity index (χ0) is 24.3. The first-order valence-electron chi connectivity index (χ1n) is 13.4. The fourth-order valence-corrected chi connectivity index (χ4v) is 6.29. The Morgan fingerprint density at radius 1 is 0.857 bits per heavy atom. The minimum atomic E-state index is -4.36. The van der Waals surface area contributed by atoms with E-state index in [4.69, 9.17) is 4.74 Å². The van der Waals surface area contributed by atoms with Crippen molar-refractivity contribution in [3.63, 3.8) is 0 Å². The highest BCUT2D eigenvalue weighted by molar-refractivity contribution is 5.58. The summed E-state index contributed by atoms with van der Waals surface area (Å²) in [6.07, 6.45) is 5.87. The number of alkyl halides is 3. The number of nitrogens with one attached hydrogen (secondary N) is 2. The Bertz CT molecular complexity index is 958. The van der Waals surface area contributed by atoms with Gasteiger partial charge in [-0.1, -0.05) is 56.0 Å². The van der Waals surface area contributed by atoms with E-state index in [2.05, 4.69) is 22.8 Å². The largest absolute Gasteiger partial charge is 0.416 e. The summed E-state index contributed by atoms with van der Waals surface area (Å²) in [5.74, 6) is 0.983. The molecule has 0 spiro atoms. The lowest BCUT2D eigenvalue weighted by atomic mass is 9.76. The third-order valence-corrected chi connectivity index (χ3v) is 8.23. The highest BCUT2D eigenvalue weighted by atomic mass is 19.4. The molecule has 0 amide bonds. The van der Waals surface area contributed by atoms with Crippen LogP contribution in [0.4, 0.5) is 18.9 Å². The molecule has 4 atom stereocenters. The summed E-state index contributed by atoms with van der Waals surface area (Å²) in [6.45, 7) is 2.30. The number of anilines is 1. The monoisotopic (exact) mass is 486 g/mol. The van der Waals surface area contributed by atoms with Gasteiger partial charge in [0.25, 0.3) is 0 Å². The fraction of sp³-hybridized carbons (Fsp3) is 0.586. The lowest BCUT2D eigenvalue weighted by Gasteiger charge is -2.46. The van der Waals surface area contributed by atoms with Crippen LogP contribution in [0.5, 0.6) is 0 Å². The van der Waals surface area contributed by atoms with Crippen molar-refractivity contribution < 1.29 is 17.9 Å². The molecule has 0 unspecified atom stereocenters. The minimum absolute atomic E-state index is 0.0383. The molecule has 2 saturated heterocycles. The van der Waals surface area contributed by atoms with Crippen LogP contribution in [-0.2, 0) is 10.9 Å². The number of benzene rings is 2. The van der Waals surface area contributed by atoms with Crippen LogP contribution in [0.2, 0.25) is 0 Å². The van der Waals surface area contributed by atoms with Crippen molar-refractivity contribution in [3.05, 3.63) is 65.2 Å². The summed E-state index contributed by atoms with van der Waals surface area (Å²) in [5, 5.41) is 6.98. The van der Waals surface area contributed by atoms with Crippen molar-refractivity contribution in [3.8, 4) is 0 Å². The topological polar surface area (TPSA) is 33.3 Å². The molecule has 3 nitrogen and oxygen atoms in total. The summed E-state index contributed by atoms with van der Waals surface area (Å²) in [7, 11) is 0. The highest BCUT2D eigenvalue weighted by Crippen LogP contribution is 2.51. The Morgan fingerprint density at radius 3 is 2.40 bits per heavy atom. The van der Waals surface area contributed by atoms with E-state index in [0.717, 1.165) is 55.9 Å². The van der Waals surface area contributed by atoms with Crippen LogP contribution in [0.1, 0.15) is 86.6 Å². The molecule has 3 heterocycles. The van der Waals surface area contributed by atoms with Crippen molar-refractivity contribution in [1.29, 1.82) is 0 Å². The van der Waals surface area contributed by atoms with Gasteiger partial charge in [0.15, 0.2) is 0 Å². The summed E-state index contributed by atoms with van der Waals surface area (Å²) < 4.78 is 47.1. The van der Waals surface area contributed by atoms with Gasteiger partial charge in [-0.15, -0.1) is 0 Å². The number of unbranched alkanes of at least 4 members (excludes halogenated alkanes) is 2. The Labute approximate surface area is 206 Å². The number of hydrogen-bond acceptors (Lipinski definition) is 3. The van der Waals surface area contributed by atoms with Crippen molar-refractivity contribution in [2.75, 3.05) is 18.4 Å². The Balaban J connectivity index is 1.26. The predicted molar refractivity (Wildman–Crippen MR) is 133 cm³/mol. The first-order chi connectivity index (χ1) is 17.0. The Kier molecular flexibility index (Phi) is 7.68. The van der Waals surface area contributed by atoms with E-state index in [1.165, 1.54) is 44.2 Å². The lowest BCUT2D eigenvalue weighted by molar-refractivity contribution is -0.138. The molecule has 190 valence electrons. The van der Waals surface area contributed by atoms with Gasteiger partial charge < -0.3 is 15.4 Å². The van der Waals surface area contributed by atoms with Crippen molar-refractivity contribution in [2.24, 2.45) is 11.8 Å². The second-order valence-electron chi connectivity index (χ2n) is 10.6. The van der Waals surface area contributed by atoms with Gasteiger partial charge in [-0.25, -0.2) is 0 Å². The van der Waals surface area contributed by atoms with Crippen molar-refractivity contribution in [1.82, 2.24) is 5.32 Å². The summed E-state index contributed by atoms with van der Waals surface area (Å²) in [5.41, 5.74) is 1.98. The van der Waals surface area contributed by atoms with Crippen LogP contribution in [0, 0.1) is 11.8 Å². The number of halogens is 3. The SMILES string of the molecule is FC(F)(F)c1ccc2c(c1)[C@H]1O[C@@H](CCCCCC3CCNCC3)CC[C@H]1[C@H](c1ccccc1)N2. The number of piperidine rings is 1. The third kappa shape index (κ3) is 5.86. The molecule has 5 rings (SSSR count). The molecule has 0 saturated carbocycles. The zero-order valence-electron chi connectivity index (χ0n) is 20.3. The standard InChI is InChI=1S/C29H37F3N2O/c30-29(31,32)22-11-14-26-25(19-22)28-24(27(34-26)21-8-4-2-5-9-21)13-12-23(35-28)10-6-1-3-7-20-15-17-33-18-16-20/h2,4-5,8-9,11,14,19-20,23-24,27-28,33-34H,1,3,6-7,10,12-13,15-18H2/t23-,24-,27-,28-/m0/s1. The highest BCUT2D eigenvalue weighted by Gasteiger charge is 2.43. The molecular formula is C29H37F3N2O. The molecule has 2 N–H and O–H groups in total. The molecule has 2 fully saturated rings. The van der Waals surface area contributed by atoms with Crippen LogP contribution >= 0.6 is 0 Å². The molecular weight excluding hydrogens is 449 g/mol. The molecule has 6 heteroatoms. The maximum Gasteiger partial charge on any atom is 0.416 e. The number of ether oxygens (including phenoxy) is 1. The van der Waals surface area contributed by atoms with E-state index in [-0.39, 0.29) is 24.2 Å². The van der Waals surface area contributed by atoms with Crippen LogP contribution < -0.4 is 10.6 Å². The minimum Gasteiger partial charge on any atom is -0.378 e. The van der Waals surface area contributed by atoms with Crippen LogP contribution in [0.15, 0.2) is 48.5 Å². The average molecular weight is 487 g/mol. The molecule has 2 aromatic rings. The molecule has 2 aromatic carbocycles. The van der Waals surface area contributed by atoms with Gasteiger partial charge in [-0.05, 0) is 74.9 Å². The second kappa shape index (κ2) is 10.9. The second-order valence-corrected chi connectivity index (χ2v) is 10.6. The maximum absolute atomic E-state index is 13.5. The predicted octanol–water partition coefficient (Wildman–Crippen LogP) is 7.66.